The summed E-state index contributed by atoms with van der Waals surface area (Å²) in [6, 6.07) is 16.5. The van der Waals surface area contributed by atoms with Crippen molar-refractivity contribution < 1.29 is 54.0 Å². The zero-order chi connectivity index (χ0) is 33.0. The Balaban J connectivity index is 0.000000354. The van der Waals surface area contributed by atoms with E-state index in [2.05, 4.69) is 9.64 Å². The summed E-state index contributed by atoms with van der Waals surface area (Å²) in [6.45, 7) is 2.72. The van der Waals surface area contributed by atoms with Crippen molar-refractivity contribution in [3.8, 4) is 17.2 Å². The van der Waals surface area contributed by atoms with Crippen molar-refractivity contribution in [2.75, 3.05) is 13.1 Å². The number of carbonyl (C=O) groups excluding carboxylic acids is 1. The van der Waals surface area contributed by atoms with Gasteiger partial charge in [-0.3, -0.25) is 14.6 Å². The van der Waals surface area contributed by atoms with Crippen LogP contribution in [0.25, 0.3) is 0 Å². The molecule has 45 heavy (non-hydrogen) atoms. The number of hydrogen-bond acceptors (Lipinski definition) is 9. The van der Waals surface area contributed by atoms with Crippen LogP contribution in [0.3, 0.4) is 0 Å². The van der Waals surface area contributed by atoms with Crippen LogP contribution in [0.5, 0.6) is 17.2 Å². The van der Waals surface area contributed by atoms with Gasteiger partial charge in [-0.05, 0) is 93.3 Å². The molecule has 1 aliphatic carbocycles. The van der Waals surface area contributed by atoms with Gasteiger partial charge in [0, 0.05) is 19.1 Å². The number of rotatable bonds is 8. The second-order valence-corrected chi connectivity index (χ2v) is 14.3. The van der Waals surface area contributed by atoms with Gasteiger partial charge in [0.2, 0.25) is 0 Å². The van der Waals surface area contributed by atoms with Crippen molar-refractivity contribution in [2.45, 2.75) is 59.5 Å². The summed E-state index contributed by atoms with van der Waals surface area (Å²) in [5.41, 5.74) is 2.49. The van der Waals surface area contributed by atoms with E-state index >= 15 is 0 Å². The number of alkyl halides is 3. The van der Waals surface area contributed by atoms with E-state index in [0.717, 1.165) is 30.5 Å². The number of aryl methyl sites for hydroxylation is 1. The Morgan fingerprint density at radius 1 is 0.844 bits per heavy atom. The molecule has 11 nitrogen and oxygen atoms in total. The molecule has 5 rings (SSSR count). The van der Waals surface area contributed by atoms with Crippen molar-refractivity contribution in [2.24, 2.45) is 0 Å². The van der Waals surface area contributed by atoms with E-state index in [1.54, 1.807) is 12.1 Å². The number of amides is 1. The van der Waals surface area contributed by atoms with Gasteiger partial charge in [0.25, 0.3) is 16.0 Å². The first kappa shape index (κ1) is 34.2. The summed E-state index contributed by atoms with van der Waals surface area (Å²) in [5.74, 6) is -0.896. The highest BCUT2D eigenvalue weighted by molar-refractivity contribution is 7.93. The van der Waals surface area contributed by atoms with Crippen LogP contribution in [0.4, 0.5) is 13.2 Å². The molecule has 0 aromatic heterocycles. The molecule has 0 unspecified atom stereocenters. The SMILES string of the molecule is Cc1ccc(S(=O)(=O)O)cc1.O=C(NO)C1(S(=O)(=O)c2ccc(Oc3ccc(OC(F)(F)F)cc3)cc2)CCN(C2CC2)CC1. The number of sulfone groups is 1. The van der Waals surface area contributed by atoms with Gasteiger partial charge < -0.3 is 14.4 Å². The van der Waals surface area contributed by atoms with Gasteiger partial charge in [0.15, 0.2) is 14.6 Å². The predicted octanol–water partition coefficient (Wildman–Crippen LogP) is 4.90. The number of nitrogens with one attached hydrogen (secondary N) is 1. The molecule has 1 saturated heterocycles. The van der Waals surface area contributed by atoms with Gasteiger partial charge >= 0.3 is 6.36 Å². The zero-order valence-corrected chi connectivity index (χ0v) is 25.5. The number of likely N-dealkylation sites (tertiary alicyclic amines) is 1. The number of carbonyl (C=O) groups is 1. The van der Waals surface area contributed by atoms with Crippen LogP contribution in [0.1, 0.15) is 31.2 Å². The van der Waals surface area contributed by atoms with Crippen LogP contribution in [0, 0.1) is 6.92 Å². The van der Waals surface area contributed by atoms with Crippen LogP contribution >= 0.6 is 0 Å². The molecule has 0 spiro atoms. The predicted molar refractivity (Wildman–Crippen MR) is 154 cm³/mol. The van der Waals surface area contributed by atoms with Crippen molar-refractivity contribution >= 4 is 25.9 Å². The quantitative estimate of drug-likeness (QED) is 0.171. The van der Waals surface area contributed by atoms with E-state index in [1.165, 1.54) is 54.0 Å². The first-order chi connectivity index (χ1) is 21.0. The number of ether oxygens (including phenoxy) is 2. The fraction of sp³-hybridized carbons (Fsp3) is 0.345. The average molecular weight is 673 g/mol. The number of nitrogens with zero attached hydrogens (tertiary/aromatic N) is 1. The second kappa shape index (κ2) is 13.3. The largest absolute Gasteiger partial charge is 0.573 e. The molecular formula is C29H31F3N2O9S2. The molecule has 0 radical (unpaired) electrons. The van der Waals surface area contributed by atoms with Crippen LogP contribution < -0.4 is 15.0 Å². The van der Waals surface area contributed by atoms with E-state index in [4.69, 9.17) is 9.29 Å². The minimum Gasteiger partial charge on any atom is -0.457 e. The lowest BCUT2D eigenvalue weighted by molar-refractivity contribution is -0.274. The molecular weight excluding hydrogens is 641 g/mol. The lowest BCUT2D eigenvalue weighted by Crippen LogP contribution is -2.58. The fourth-order valence-electron chi connectivity index (χ4n) is 4.88. The van der Waals surface area contributed by atoms with E-state index < -0.39 is 42.7 Å². The Morgan fingerprint density at radius 2 is 1.31 bits per heavy atom. The van der Waals surface area contributed by atoms with Gasteiger partial charge in [0.05, 0.1) is 9.79 Å². The molecule has 3 aromatic rings. The summed E-state index contributed by atoms with van der Waals surface area (Å²) >= 11 is 0. The molecule has 2 aliphatic rings. The van der Waals surface area contributed by atoms with E-state index in [0.29, 0.717) is 19.1 Å². The minimum absolute atomic E-state index is 0.0584. The molecule has 16 heteroatoms. The van der Waals surface area contributed by atoms with Gasteiger partial charge in [-0.1, -0.05) is 17.7 Å². The number of hydrogen-bond donors (Lipinski definition) is 3. The Morgan fingerprint density at radius 3 is 1.76 bits per heavy atom. The number of piperidine rings is 1. The second-order valence-electron chi connectivity index (χ2n) is 10.6. The highest BCUT2D eigenvalue weighted by Crippen LogP contribution is 2.40. The first-order valence-electron chi connectivity index (χ1n) is 13.7. The number of benzene rings is 3. The highest BCUT2D eigenvalue weighted by atomic mass is 32.2. The Hall–Kier alpha value is -3.70. The van der Waals surface area contributed by atoms with E-state index in [9.17, 15) is 40.0 Å². The van der Waals surface area contributed by atoms with E-state index in [1.807, 2.05) is 6.92 Å². The molecule has 1 heterocycles. The smallest absolute Gasteiger partial charge is 0.457 e. The molecule has 3 aromatic carbocycles. The molecule has 244 valence electrons. The third kappa shape index (κ3) is 8.52. The molecule has 1 aliphatic heterocycles. The Bertz CT molecular complexity index is 1690. The maximum Gasteiger partial charge on any atom is 0.573 e. The fourth-order valence-corrected chi connectivity index (χ4v) is 7.31. The summed E-state index contributed by atoms with van der Waals surface area (Å²) in [5, 5.41) is 9.27. The lowest BCUT2D eigenvalue weighted by Gasteiger charge is -2.39. The Labute approximate surface area is 258 Å². The van der Waals surface area contributed by atoms with Crippen molar-refractivity contribution in [1.82, 2.24) is 10.4 Å². The minimum atomic E-state index is -4.80. The zero-order valence-electron chi connectivity index (χ0n) is 23.9. The standard InChI is InChI=1S/C22H23F3N2O6S.C7H8O3S/c23-22(24,25)33-18-5-3-16(4-6-18)32-17-7-9-19(10-8-17)34(30,31)21(20(28)26-29)11-13-27(14-12-21)15-1-2-15;1-6-2-4-7(5-3-6)11(8,9)10/h3-10,15,29H,1-2,11-14H2,(H,26,28);2-5H,1H3,(H,8,9,10). The maximum atomic E-state index is 13.5. The van der Waals surface area contributed by atoms with Gasteiger partial charge in [-0.25, -0.2) is 13.9 Å². The average Bonchev–Trinajstić information content (AvgIpc) is 3.83. The summed E-state index contributed by atoms with van der Waals surface area (Å²) in [4.78, 5) is 14.6. The normalized spacial score (nSPS) is 17.0. The van der Waals surface area contributed by atoms with Crippen LogP contribution in [-0.2, 0) is 24.7 Å². The molecule has 3 N–H and O–H groups in total. The first-order valence-corrected chi connectivity index (χ1v) is 16.6. The molecule has 0 bridgehead atoms. The molecule has 0 atom stereocenters. The Kier molecular flexibility index (Phi) is 10.1. The highest BCUT2D eigenvalue weighted by Gasteiger charge is 2.54. The molecule has 1 saturated carbocycles. The van der Waals surface area contributed by atoms with Crippen molar-refractivity contribution in [1.29, 1.82) is 0 Å². The maximum absolute atomic E-state index is 13.5. The van der Waals surface area contributed by atoms with Gasteiger partial charge in [-0.15, -0.1) is 13.2 Å². The third-order valence-corrected chi connectivity index (χ3v) is 10.8. The topological polar surface area (TPSA) is 160 Å². The molecule has 2 fully saturated rings. The van der Waals surface area contributed by atoms with Crippen molar-refractivity contribution in [3.63, 3.8) is 0 Å². The van der Waals surface area contributed by atoms with Crippen LogP contribution in [0.2, 0.25) is 0 Å². The van der Waals surface area contributed by atoms with Crippen LogP contribution in [0.15, 0.2) is 82.6 Å². The van der Waals surface area contributed by atoms with Gasteiger partial charge in [-0.2, -0.15) is 8.42 Å². The number of halogens is 3. The van der Waals surface area contributed by atoms with E-state index in [-0.39, 0.29) is 34.1 Å². The summed E-state index contributed by atoms with van der Waals surface area (Å²) < 4.78 is 101. The monoisotopic (exact) mass is 672 g/mol. The summed E-state index contributed by atoms with van der Waals surface area (Å²) in [7, 11) is -8.17. The van der Waals surface area contributed by atoms with Crippen molar-refractivity contribution in [3.05, 3.63) is 78.4 Å². The van der Waals surface area contributed by atoms with Crippen LogP contribution in [-0.4, -0.2) is 67.6 Å². The van der Waals surface area contributed by atoms with Gasteiger partial charge in [0.1, 0.15) is 17.2 Å². The third-order valence-electron chi connectivity index (χ3n) is 7.44. The lowest BCUT2D eigenvalue weighted by atomic mass is 9.94. The molecule has 1 amide bonds. The summed E-state index contributed by atoms with van der Waals surface area (Å²) in [6.07, 6.45) is -2.56. The number of hydroxylamine groups is 1.